The number of primary amides is 1. The minimum atomic E-state index is -0.916. The second kappa shape index (κ2) is 8.15. The first-order valence-electron chi connectivity index (χ1n) is 8.51. The molecule has 0 radical (unpaired) electrons. The summed E-state index contributed by atoms with van der Waals surface area (Å²) in [5.41, 5.74) is 10.5. The van der Waals surface area contributed by atoms with Gasteiger partial charge < -0.3 is 15.6 Å². The maximum Gasteiger partial charge on any atom is 0.295 e. The molecule has 1 aliphatic rings. The molecule has 154 valence electrons. The third-order valence-corrected chi connectivity index (χ3v) is 4.63. The van der Waals surface area contributed by atoms with Gasteiger partial charge in [0.1, 0.15) is 12.3 Å². The molecule has 0 saturated heterocycles. The van der Waals surface area contributed by atoms with Crippen molar-refractivity contribution < 1.29 is 24.2 Å². The van der Waals surface area contributed by atoms with Gasteiger partial charge in [-0.1, -0.05) is 6.08 Å². The predicted molar refractivity (Wildman–Crippen MR) is 104 cm³/mol. The quantitative estimate of drug-likeness (QED) is 0.345. The Balaban J connectivity index is 2.59. The van der Waals surface area contributed by atoms with Crippen LogP contribution in [0, 0.1) is 6.92 Å². The number of likely N-dealkylation sites (N-methyl/N-ethyl adjacent to an activating group) is 1. The van der Waals surface area contributed by atoms with Crippen molar-refractivity contribution in [3.05, 3.63) is 56.1 Å². The number of amides is 3. The first-order chi connectivity index (χ1) is 13.5. The SMILES string of the molecule is CC1=C(OCN)C(=O)N(C)C(=O)C1=CC=Cc1c(C)c(C(N)=O)c(=O)n(C)c1O. The number of imide groups is 1. The van der Waals surface area contributed by atoms with Gasteiger partial charge in [-0.3, -0.25) is 34.4 Å². The molecular weight excluding hydrogens is 380 g/mol. The number of nitrogens with two attached hydrogens (primary N) is 2. The van der Waals surface area contributed by atoms with Crippen molar-refractivity contribution in [3.8, 4) is 5.88 Å². The van der Waals surface area contributed by atoms with Crippen molar-refractivity contribution >= 4 is 23.8 Å². The Morgan fingerprint density at radius 3 is 2.34 bits per heavy atom. The van der Waals surface area contributed by atoms with Gasteiger partial charge in [-0.2, -0.15) is 0 Å². The van der Waals surface area contributed by atoms with Crippen LogP contribution in [0.1, 0.15) is 28.4 Å². The van der Waals surface area contributed by atoms with Crippen LogP contribution < -0.4 is 17.0 Å². The fourth-order valence-electron chi connectivity index (χ4n) is 2.96. The lowest BCUT2D eigenvalue weighted by Gasteiger charge is -2.25. The number of rotatable bonds is 5. The number of carbonyl (C=O) groups is 3. The lowest BCUT2D eigenvalue weighted by Crippen LogP contribution is -2.40. The average molecular weight is 402 g/mol. The third kappa shape index (κ3) is 3.69. The molecule has 2 rings (SSSR count). The lowest BCUT2D eigenvalue weighted by molar-refractivity contribution is -0.141. The molecule has 0 unspecified atom stereocenters. The first-order valence-corrected chi connectivity index (χ1v) is 8.51. The predicted octanol–water partition coefficient (Wildman–Crippen LogP) is -0.357. The van der Waals surface area contributed by atoms with E-state index in [1.165, 1.54) is 39.2 Å². The van der Waals surface area contributed by atoms with Crippen LogP contribution in [0.3, 0.4) is 0 Å². The fraction of sp³-hybridized carbons (Fsp3) is 0.263. The molecule has 1 aliphatic heterocycles. The van der Waals surface area contributed by atoms with E-state index in [9.17, 15) is 24.3 Å². The van der Waals surface area contributed by atoms with Gasteiger partial charge in [-0.05, 0) is 31.6 Å². The van der Waals surface area contributed by atoms with E-state index in [1.807, 2.05) is 0 Å². The zero-order chi connectivity index (χ0) is 22.0. The standard InChI is InChI=1S/C19H22N4O6/c1-9-11(16(25)22(3)18(27)13(9)15(21)24)6-5-7-12-10(2)14(29-8-20)19(28)23(4)17(12)26/h5-7,25H,8,20H2,1-4H3,(H2,21,24). The molecule has 0 atom stereocenters. The summed E-state index contributed by atoms with van der Waals surface area (Å²) in [5, 5.41) is 10.3. The van der Waals surface area contributed by atoms with E-state index >= 15 is 0 Å². The lowest BCUT2D eigenvalue weighted by atomic mass is 9.99. The van der Waals surface area contributed by atoms with E-state index in [-0.39, 0.29) is 40.6 Å². The van der Waals surface area contributed by atoms with E-state index in [0.717, 1.165) is 9.47 Å². The molecule has 29 heavy (non-hydrogen) atoms. The number of carbonyl (C=O) groups excluding carboxylic acids is 3. The largest absolute Gasteiger partial charge is 0.494 e. The molecule has 1 aromatic heterocycles. The van der Waals surface area contributed by atoms with Gasteiger partial charge in [0.25, 0.3) is 23.3 Å². The molecule has 3 amide bonds. The Labute approximate surface area is 166 Å². The van der Waals surface area contributed by atoms with E-state index in [0.29, 0.717) is 5.57 Å². The van der Waals surface area contributed by atoms with E-state index in [4.69, 9.17) is 16.2 Å². The summed E-state index contributed by atoms with van der Waals surface area (Å²) in [4.78, 5) is 49.2. The van der Waals surface area contributed by atoms with Crippen molar-refractivity contribution in [3.63, 3.8) is 0 Å². The molecule has 0 aromatic carbocycles. The molecule has 0 fully saturated rings. The maximum absolute atomic E-state index is 12.4. The molecule has 0 aliphatic carbocycles. The molecule has 10 heteroatoms. The number of allylic oxidation sites excluding steroid dienone is 2. The molecule has 0 bridgehead atoms. The van der Waals surface area contributed by atoms with Crippen LogP contribution in [0.2, 0.25) is 0 Å². The highest BCUT2D eigenvalue weighted by atomic mass is 16.5. The molecule has 1 aromatic rings. The average Bonchev–Trinajstić information content (AvgIpc) is 2.66. The van der Waals surface area contributed by atoms with Crippen molar-refractivity contribution in [2.45, 2.75) is 13.8 Å². The first kappa shape index (κ1) is 21.6. The van der Waals surface area contributed by atoms with E-state index in [1.54, 1.807) is 6.92 Å². The summed E-state index contributed by atoms with van der Waals surface area (Å²) in [6, 6.07) is 0. The Hall–Kier alpha value is -3.66. The molecule has 10 nitrogen and oxygen atoms in total. The zero-order valence-corrected chi connectivity index (χ0v) is 16.5. The zero-order valence-electron chi connectivity index (χ0n) is 16.5. The number of aromatic hydroxyl groups is 1. The third-order valence-electron chi connectivity index (χ3n) is 4.63. The van der Waals surface area contributed by atoms with Crippen molar-refractivity contribution in [1.82, 2.24) is 9.47 Å². The summed E-state index contributed by atoms with van der Waals surface area (Å²) >= 11 is 0. The minimum Gasteiger partial charge on any atom is -0.494 e. The van der Waals surface area contributed by atoms with E-state index in [2.05, 4.69) is 0 Å². The van der Waals surface area contributed by atoms with Crippen LogP contribution in [0.25, 0.3) is 6.08 Å². The molecule has 5 N–H and O–H groups in total. The highest BCUT2D eigenvalue weighted by molar-refractivity contribution is 6.15. The van der Waals surface area contributed by atoms with Crippen LogP contribution in [0.15, 0.2) is 33.9 Å². The monoisotopic (exact) mass is 402 g/mol. The Morgan fingerprint density at radius 1 is 1.17 bits per heavy atom. The van der Waals surface area contributed by atoms with Crippen LogP contribution in [0.5, 0.6) is 5.88 Å². The van der Waals surface area contributed by atoms with Crippen LogP contribution in [0.4, 0.5) is 0 Å². The Morgan fingerprint density at radius 2 is 1.79 bits per heavy atom. The van der Waals surface area contributed by atoms with Gasteiger partial charge in [-0.15, -0.1) is 0 Å². The maximum atomic E-state index is 12.4. The second-order valence-electron chi connectivity index (χ2n) is 6.34. The molecular formula is C19H22N4O6. The van der Waals surface area contributed by atoms with Gasteiger partial charge in [0.05, 0.1) is 0 Å². The summed E-state index contributed by atoms with van der Waals surface area (Å²) in [6.07, 6.45) is 4.29. The van der Waals surface area contributed by atoms with Gasteiger partial charge in [-0.25, -0.2) is 0 Å². The Bertz CT molecular complexity index is 1060. The number of pyridine rings is 1. The summed E-state index contributed by atoms with van der Waals surface area (Å²) in [5.74, 6) is -2.46. The highest BCUT2D eigenvalue weighted by Gasteiger charge is 2.33. The molecule has 2 heterocycles. The van der Waals surface area contributed by atoms with Gasteiger partial charge in [0.15, 0.2) is 5.76 Å². The number of hydrogen-bond donors (Lipinski definition) is 3. The number of aromatic nitrogens is 1. The summed E-state index contributed by atoms with van der Waals surface area (Å²) in [7, 11) is 2.62. The van der Waals surface area contributed by atoms with Crippen molar-refractivity contribution in [2.24, 2.45) is 18.5 Å². The number of ether oxygens (including phenoxy) is 1. The summed E-state index contributed by atoms with van der Waals surface area (Å²) in [6.45, 7) is 2.79. The van der Waals surface area contributed by atoms with E-state index < -0.39 is 23.3 Å². The Kier molecular flexibility index (Phi) is 6.08. The topological polar surface area (TPSA) is 158 Å². The normalized spacial score (nSPS) is 16.3. The van der Waals surface area contributed by atoms with Gasteiger partial charge >= 0.3 is 0 Å². The molecule has 0 spiro atoms. The fourth-order valence-corrected chi connectivity index (χ4v) is 2.96. The van der Waals surface area contributed by atoms with Crippen molar-refractivity contribution in [1.29, 1.82) is 0 Å². The van der Waals surface area contributed by atoms with Gasteiger partial charge in [0, 0.05) is 30.8 Å². The smallest absolute Gasteiger partial charge is 0.295 e. The number of hydrogen-bond acceptors (Lipinski definition) is 7. The highest BCUT2D eigenvalue weighted by Crippen LogP contribution is 2.26. The van der Waals surface area contributed by atoms with Crippen molar-refractivity contribution in [2.75, 3.05) is 13.8 Å². The van der Waals surface area contributed by atoms with Crippen LogP contribution in [-0.4, -0.2) is 46.1 Å². The number of nitrogens with zero attached hydrogens (tertiary/aromatic N) is 2. The second-order valence-corrected chi connectivity index (χ2v) is 6.34. The van der Waals surface area contributed by atoms with Gasteiger partial charge in [0.2, 0.25) is 5.88 Å². The summed E-state index contributed by atoms with van der Waals surface area (Å²) < 4.78 is 6.05. The molecule has 0 saturated carbocycles. The van der Waals surface area contributed by atoms with Crippen LogP contribution in [-0.2, 0) is 21.4 Å². The van der Waals surface area contributed by atoms with Crippen LogP contribution >= 0.6 is 0 Å². The minimum absolute atomic E-state index is 0.0357.